The molecule has 1 aliphatic carbocycles. The van der Waals surface area contributed by atoms with Crippen molar-refractivity contribution in [2.75, 3.05) is 5.32 Å². The quantitative estimate of drug-likeness (QED) is 0.613. The second-order valence-corrected chi connectivity index (χ2v) is 7.54. The van der Waals surface area contributed by atoms with Crippen molar-refractivity contribution in [2.24, 2.45) is 11.8 Å². The van der Waals surface area contributed by atoms with Crippen LogP contribution in [0.25, 0.3) is 0 Å². The number of nitrogens with one attached hydrogen (secondary N) is 1. The Morgan fingerprint density at radius 3 is 2.36 bits per heavy atom. The molecule has 1 heterocycles. The van der Waals surface area contributed by atoms with Crippen molar-refractivity contribution in [3.8, 4) is 0 Å². The Bertz CT molecular complexity index is 719. The lowest BCUT2D eigenvalue weighted by Crippen LogP contribution is -2.36. The third-order valence-electron chi connectivity index (χ3n) is 4.39. The number of hydrogen-bond donors (Lipinski definition) is 2. The van der Waals surface area contributed by atoms with Crippen LogP contribution < -0.4 is 5.32 Å². The first-order chi connectivity index (χ1) is 11.7. The van der Waals surface area contributed by atoms with Crippen molar-refractivity contribution >= 4 is 34.2 Å². The van der Waals surface area contributed by atoms with E-state index in [0.29, 0.717) is 17.8 Å². The zero-order valence-electron chi connectivity index (χ0n) is 14.8. The molecule has 2 atom stereocenters. The number of allylic oxidation sites excluding steroid dienone is 2. The van der Waals surface area contributed by atoms with E-state index in [1.54, 1.807) is 25.3 Å². The summed E-state index contributed by atoms with van der Waals surface area (Å²) < 4.78 is 5.17. The third-order valence-corrected chi connectivity index (χ3v) is 5.21. The van der Waals surface area contributed by atoms with Gasteiger partial charge in [-0.25, -0.2) is 4.79 Å². The molecular weight excluding hydrogens is 342 g/mol. The molecule has 0 aromatic carbocycles. The van der Waals surface area contributed by atoms with Crippen LogP contribution >= 0.6 is 11.3 Å². The Morgan fingerprint density at radius 2 is 1.80 bits per heavy atom. The molecule has 2 rings (SSSR count). The topological polar surface area (TPSA) is 92.7 Å². The van der Waals surface area contributed by atoms with Gasteiger partial charge in [0.05, 0.1) is 23.5 Å². The predicted octanol–water partition coefficient (Wildman–Crippen LogP) is 3.70. The van der Waals surface area contributed by atoms with E-state index in [1.165, 1.54) is 11.3 Å². The van der Waals surface area contributed by atoms with Crippen LogP contribution in [0.4, 0.5) is 5.00 Å². The van der Waals surface area contributed by atoms with Crippen LogP contribution in [0.1, 0.15) is 50.9 Å². The predicted molar refractivity (Wildman–Crippen MR) is 95.7 cm³/mol. The normalized spacial score (nSPS) is 20.5. The minimum atomic E-state index is -0.974. The Balaban J connectivity index is 2.18. The fraction of sp³-hybridized carbons (Fsp3) is 0.500. The Hall–Kier alpha value is -2.15. The zero-order chi connectivity index (χ0) is 18.7. The van der Waals surface area contributed by atoms with Crippen LogP contribution in [-0.4, -0.2) is 29.1 Å². The summed E-state index contributed by atoms with van der Waals surface area (Å²) in [5, 5.41) is 14.3. The van der Waals surface area contributed by atoms with Crippen molar-refractivity contribution in [3.63, 3.8) is 0 Å². The van der Waals surface area contributed by atoms with E-state index in [4.69, 9.17) is 4.74 Å². The van der Waals surface area contributed by atoms with E-state index in [-0.39, 0.29) is 17.6 Å². The van der Waals surface area contributed by atoms with Gasteiger partial charge in [-0.3, -0.25) is 9.59 Å². The van der Waals surface area contributed by atoms with E-state index in [0.717, 1.165) is 11.1 Å². The Morgan fingerprint density at radius 1 is 1.20 bits per heavy atom. The largest absolute Gasteiger partial charge is 0.481 e. The van der Waals surface area contributed by atoms with Crippen molar-refractivity contribution in [1.82, 2.24) is 0 Å². The maximum Gasteiger partial charge on any atom is 0.341 e. The van der Waals surface area contributed by atoms with E-state index < -0.39 is 23.8 Å². The molecule has 7 heteroatoms. The Kier molecular flexibility index (Phi) is 6.00. The van der Waals surface area contributed by atoms with Gasteiger partial charge in [0.2, 0.25) is 5.91 Å². The van der Waals surface area contributed by atoms with Gasteiger partial charge in [-0.1, -0.05) is 11.1 Å². The van der Waals surface area contributed by atoms with Crippen molar-refractivity contribution in [2.45, 2.75) is 46.6 Å². The first kappa shape index (κ1) is 19.2. The first-order valence-electron chi connectivity index (χ1n) is 8.18. The molecular formula is C18H23NO5S. The van der Waals surface area contributed by atoms with Gasteiger partial charge in [0.1, 0.15) is 5.00 Å². The fourth-order valence-electron chi connectivity index (χ4n) is 2.88. The number of amides is 1. The van der Waals surface area contributed by atoms with Gasteiger partial charge in [0.15, 0.2) is 0 Å². The molecule has 1 aromatic heterocycles. The summed E-state index contributed by atoms with van der Waals surface area (Å²) in [5.74, 6) is -3.26. The average molecular weight is 365 g/mol. The van der Waals surface area contributed by atoms with Gasteiger partial charge < -0.3 is 15.2 Å². The highest BCUT2D eigenvalue weighted by Crippen LogP contribution is 2.36. The SMILES string of the molecule is CC1=C(C)C[C@@H](C(=O)Nc2sccc2C(=O)OC(C)C)[C@H](C(=O)O)C1. The van der Waals surface area contributed by atoms with Gasteiger partial charge in [0, 0.05) is 0 Å². The summed E-state index contributed by atoms with van der Waals surface area (Å²) in [7, 11) is 0. The first-order valence-corrected chi connectivity index (χ1v) is 9.06. The molecule has 0 saturated heterocycles. The van der Waals surface area contributed by atoms with Crippen LogP contribution in [0.5, 0.6) is 0 Å². The molecule has 0 bridgehead atoms. The number of anilines is 1. The van der Waals surface area contributed by atoms with Crippen LogP contribution in [0.3, 0.4) is 0 Å². The molecule has 0 aliphatic heterocycles. The highest BCUT2D eigenvalue weighted by atomic mass is 32.1. The lowest BCUT2D eigenvalue weighted by Gasteiger charge is -2.29. The number of thiophene rings is 1. The smallest absolute Gasteiger partial charge is 0.341 e. The number of esters is 1. The average Bonchev–Trinajstić information content (AvgIpc) is 2.96. The van der Waals surface area contributed by atoms with Crippen LogP contribution in [0.2, 0.25) is 0 Å². The van der Waals surface area contributed by atoms with Gasteiger partial charge in [0.25, 0.3) is 0 Å². The standard InChI is InChI=1S/C18H23NO5S/c1-9(2)24-18(23)12-5-6-25-16(12)19-15(20)13-7-10(3)11(4)8-14(13)17(21)22/h5-6,9,13-14H,7-8H2,1-4H3,(H,19,20)(H,21,22)/t13-,14-/m1/s1. The molecule has 0 saturated carbocycles. The van der Waals surface area contributed by atoms with Crippen LogP contribution in [0.15, 0.2) is 22.6 Å². The number of carbonyl (C=O) groups excluding carboxylic acids is 2. The summed E-state index contributed by atoms with van der Waals surface area (Å²) in [6.07, 6.45) is 0.513. The molecule has 136 valence electrons. The van der Waals surface area contributed by atoms with Crippen LogP contribution in [-0.2, 0) is 14.3 Å². The molecule has 0 radical (unpaired) electrons. The van der Waals surface area contributed by atoms with Gasteiger partial charge >= 0.3 is 11.9 Å². The number of aliphatic carboxylic acids is 1. The lowest BCUT2D eigenvalue weighted by molar-refractivity contribution is -0.146. The summed E-state index contributed by atoms with van der Waals surface area (Å²) in [6, 6.07) is 1.59. The summed E-state index contributed by atoms with van der Waals surface area (Å²) in [6.45, 7) is 7.32. The maximum atomic E-state index is 12.7. The second kappa shape index (κ2) is 7.82. The number of carboxylic acid groups (broad SMARTS) is 1. The maximum absolute atomic E-state index is 12.7. The van der Waals surface area contributed by atoms with Crippen molar-refractivity contribution in [1.29, 1.82) is 0 Å². The molecule has 1 aromatic rings. The van der Waals surface area contributed by atoms with Crippen LogP contribution in [0, 0.1) is 11.8 Å². The van der Waals surface area contributed by atoms with E-state index in [9.17, 15) is 19.5 Å². The van der Waals surface area contributed by atoms with Crippen molar-refractivity contribution < 1.29 is 24.2 Å². The van der Waals surface area contributed by atoms with Gasteiger partial charge in [-0.15, -0.1) is 11.3 Å². The minimum absolute atomic E-state index is 0.263. The third kappa shape index (κ3) is 4.48. The lowest BCUT2D eigenvalue weighted by atomic mass is 9.76. The number of carboxylic acids is 1. The zero-order valence-corrected chi connectivity index (χ0v) is 15.6. The number of rotatable bonds is 5. The molecule has 0 spiro atoms. The second-order valence-electron chi connectivity index (χ2n) is 6.63. The Labute approximate surface area is 150 Å². The molecule has 1 amide bonds. The number of hydrogen-bond acceptors (Lipinski definition) is 5. The molecule has 1 aliphatic rings. The minimum Gasteiger partial charge on any atom is -0.481 e. The van der Waals surface area contributed by atoms with E-state index >= 15 is 0 Å². The van der Waals surface area contributed by atoms with E-state index in [1.807, 2.05) is 13.8 Å². The highest BCUT2D eigenvalue weighted by Gasteiger charge is 2.37. The fourth-order valence-corrected chi connectivity index (χ4v) is 3.65. The monoisotopic (exact) mass is 365 g/mol. The highest BCUT2D eigenvalue weighted by molar-refractivity contribution is 7.14. The summed E-state index contributed by atoms with van der Waals surface area (Å²) in [4.78, 5) is 36.3. The molecule has 6 nitrogen and oxygen atoms in total. The molecule has 25 heavy (non-hydrogen) atoms. The summed E-state index contributed by atoms with van der Waals surface area (Å²) >= 11 is 1.22. The molecule has 0 fully saturated rings. The van der Waals surface area contributed by atoms with Gasteiger partial charge in [-0.05, 0) is 52.0 Å². The van der Waals surface area contributed by atoms with Crippen molar-refractivity contribution in [3.05, 3.63) is 28.2 Å². The molecule has 0 unspecified atom stereocenters. The molecule has 2 N–H and O–H groups in total. The number of ether oxygens (including phenoxy) is 1. The summed E-state index contributed by atoms with van der Waals surface area (Å²) in [5.41, 5.74) is 2.36. The number of carbonyl (C=O) groups is 3. The van der Waals surface area contributed by atoms with E-state index in [2.05, 4.69) is 5.32 Å². The van der Waals surface area contributed by atoms with Gasteiger partial charge in [-0.2, -0.15) is 0 Å².